The fourth-order valence-electron chi connectivity index (χ4n) is 2.23. The minimum absolute atomic E-state index is 0.0931. The molecule has 1 atom stereocenters. The van der Waals surface area contributed by atoms with Crippen LogP contribution in [0.5, 0.6) is 0 Å². The van der Waals surface area contributed by atoms with E-state index in [0.29, 0.717) is 6.04 Å². The average Bonchev–Trinajstić information content (AvgIpc) is 3.00. The molecule has 1 heterocycles. The largest absolute Gasteiger partial charge is 0.324 e. The van der Waals surface area contributed by atoms with Gasteiger partial charge in [-0.05, 0) is 37.8 Å². The molecule has 3 heteroatoms. The zero-order valence-corrected chi connectivity index (χ0v) is 9.63. The van der Waals surface area contributed by atoms with Crippen LogP contribution in [-0.2, 0) is 4.79 Å². The Kier molecular flexibility index (Phi) is 2.04. The van der Waals surface area contributed by atoms with Gasteiger partial charge in [0.2, 0.25) is 5.91 Å². The van der Waals surface area contributed by atoms with Crippen molar-refractivity contribution >= 4 is 11.6 Å². The third-order valence-electron chi connectivity index (χ3n) is 3.57. The second kappa shape index (κ2) is 3.32. The zero-order valence-electron chi connectivity index (χ0n) is 9.63. The number of carbonyl (C=O) groups excluding carboxylic acids is 1. The van der Waals surface area contributed by atoms with E-state index in [1.807, 2.05) is 0 Å². The van der Waals surface area contributed by atoms with Gasteiger partial charge in [-0.1, -0.05) is 12.1 Å². The van der Waals surface area contributed by atoms with Crippen molar-refractivity contribution in [1.82, 2.24) is 5.32 Å². The number of benzene rings is 1. The molecule has 0 spiro atoms. The Balaban J connectivity index is 2.00. The summed E-state index contributed by atoms with van der Waals surface area (Å²) in [6, 6.07) is 4.57. The molecule has 3 rings (SSSR count). The first-order valence-corrected chi connectivity index (χ1v) is 5.84. The van der Waals surface area contributed by atoms with E-state index < -0.39 is 0 Å². The number of carbonyl (C=O) groups is 1. The zero-order chi connectivity index (χ0) is 11.3. The quantitative estimate of drug-likeness (QED) is 0.794. The summed E-state index contributed by atoms with van der Waals surface area (Å²) in [6.45, 7) is 4.14. The summed E-state index contributed by atoms with van der Waals surface area (Å²) < 4.78 is 0. The van der Waals surface area contributed by atoms with E-state index in [1.54, 1.807) is 0 Å². The third kappa shape index (κ3) is 1.43. The SMILES string of the molecule is Cc1ccc2c(c1C)NC(=O)C2NC1CC1. The van der Waals surface area contributed by atoms with E-state index in [0.717, 1.165) is 11.3 Å². The van der Waals surface area contributed by atoms with Crippen LogP contribution in [0.4, 0.5) is 5.69 Å². The van der Waals surface area contributed by atoms with Gasteiger partial charge in [-0.15, -0.1) is 0 Å². The van der Waals surface area contributed by atoms with Crippen LogP contribution in [-0.4, -0.2) is 11.9 Å². The Labute approximate surface area is 95.2 Å². The maximum atomic E-state index is 11.9. The highest BCUT2D eigenvalue weighted by Gasteiger charge is 2.35. The molecule has 2 aliphatic rings. The van der Waals surface area contributed by atoms with Gasteiger partial charge in [0, 0.05) is 17.3 Å². The van der Waals surface area contributed by atoms with Crippen LogP contribution in [0.2, 0.25) is 0 Å². The second-order valence-electron chi connectivity index (χ2n) is 4.83. The summed E-state index contributed by atoms with van der Waals surface area (Å²) in [7, 11) is 0. The molecule has 1 aromatic carbocycles. The average molecular weight is 216 g/mol. The molecule has 3 nitrogen and oxygen atoms in total. The van der Waals surface area contributed by atoms with Crippen LogP contribution in [0, 0.1) is 13.8 Å². The monoisotopic (exact) mass is 216 g/mol. The van der Waals surface area contributed by atoms with Crippen molar-refractivity contribution < 1.29 is 4.79 Å². The molecule has 0 saturated heterocycles. The first-order chi connectivity index (χ1) is 7.66. The molecular weight excluding hydrogens is 200 g/mol. The third-order valence-corrected chi connectivity index (χ3v) is 3.57. The summed E-state index contributed by atoms with van der Waals surface area (Å²) in [6.07, 6.45) is 2.40. The number of amides is 1. The lowest BCUT2D eigenvalue weighted by molar-refractivity contribution is -0.117. The van der Waals surface area contributed by atoms with Crippen LogP contribution < -0.4 is 10.6 Å². The highest BCUT2D eigenvalue weighted by Crippen LogP contribution is 2.36. The van der Waals surface area contributed by atoms with Crippen LogP contribution >= 0.6 is 0 Å². The van der Waals surface area contributed by atoms with E-state index in [4.69, 9.17) is 0 Å². The number of hydrogen-bond acceptors (Lipinski definition) is 2. The standard InChI is InChI=1S/C13H16N2O/c1-7-3-6-10-11(8(7)2)15-13(16)12(10)14-9-4-5-9/h3,6,9,12,14H,4-5H2,1-2H3,(H,15,16). The molecule has 1 amide bonds. The fourth-order valence-corrected chi connectivity index (χ4v) is 2.23. The van der Waals surface area contributed by atoms with Crippen molar-refractivity contribution in [3.8, 4) is 0 Å². The van der Waals surface area contributed by atoms with E-state index in [-0.39, 0.29) is 11.9 Å². The summed E-state index contributed by atoms with van der Waals surface area (Å²) in [5.41, 5.74) is 4.54. The van der Waals surface area contributed by atoms with Crippen molar-refractivity contribution in [2.75, 3.05) is 5.32 Å². The van der Waals surface area contributed by atoms with Gasteiger partial charge in [-0.3, -0.25) is 10.1 Å². The molecule has 2 N–H and O–H groups in total. The molecule has 1 aliphatic heterocycles. The van der Waals surface area contributed by atoms with Gasteiger partial charge in [-0.2, -0.15) is 0 Å². The first-order valence-electron chi connectivity index (χ1n) is 5.84. The van der Waals surface area contributed by atoms with Gasteiger partial charge in [0.05, 0.1) is 0 Å². The molecule has 1 aliphatic carbocycles. The second-order valence-corrected chi connectivity index (χ2v) is 4.83. The molecule has 16 heavy (non-hydrogen) atoms. The van der Waals surface area contributed by atoms with E-state index in [9.17, 15) is 4.79 Å². The molecule has 0 aromatic heterocycles. The summed E-state index contributed by atoms with van der Waals surface area (Å²) >= 11 is 0. The molecular formula is C13H16N2O. The lowest BCUT2D eigenvalue weighted by Gasteiger charge is -2.11. The summed E-state index contributed by atoms with van der Waals surface area (Å²) in [4.78, 5) is 11.9. The lowest BCUT2D eigenvalue weighted by Crippen LogP contribution is -2.29. The fraction of sp³-hybridized carbons (Fsp3) is 0.462. The van der Waals surface area contributed by atoms with Crippen molar-refractivity contribution in [3.63, 3.8) is 0 Å². The normalized spacial score (nSPS) is 23.1. The predicted octanol–water partition coefficient (Wildman–Crippen LogP) is 2.05. The van der Waals surface area contributed by atoms with Gasteiger partial charge in [-0.25, -0.2) is 0 Å². The van der Waals surface area contributed by atoms with Crippen LogP contribution in [0.25, 0.3) is 0 Å². The van der Waals surface area contributed by atoms with Crippen molar-refractivity contribution in [3.05, 3.63) is 28.8 Å². The van der Waals surface area contributed by atoms with Crippen molar-refractivity contribution in [2.24, 2.45) is 0 Å². The topological polar surface area (TPSA) is 41.1 Å². The van der Waals surface area contributed by atoms with E-state index >= 15 is 0 Å². The molecule has 1 saturated carbocycles. The predicted molar refractivity (Wildman–Crippen MR) is 63.4 cm³/mol. The number of hydrogen-bond donors (Lipinski definition) is 2. The van der Waals surface area contributed by atoms with Gasteiger partial charge in [0.25, 0.3) is 0 Å². The van der Waals surface area contributed by atoms with Crippen LogP contribution in [0.1, 0.15) is 35.6 Å². The Morgan fingerprint density at radius 2 is 2.06 bits per heavy atom. The van der Waals surface area contributed by atoms with E-state index in [1.165, 1.54) is 24.0 Å². The van der Waals surface area contributed by atoms with Crippen molar-refractivity contribution in [2.45, 2.75) is 38.8 Å². The number of nitrogens with one attached hydrogen (secondary N) is 2. The lowest BCUT2D eigenvalue weighted by atomic mass is 10.0. The molecule has 84 valence electrons. The Morgan fingerprint density at radius 3 is 2.75 bits per heavy atom. The first kappa shape index (κ1) is 9.85. The maximum Gasteiger partial charge on any atom is 0.246 e. The van der Waals surface area contributed by atoms with Gasteiger partial charge < -0.3 is 5.32 Å². The van der Waals surface area contributed by atoms with Crippen LogP contribution in [0.15, 0.2) is 12.1 Å². The number of anilines is 1. The van der Waals surface area contributed by atoms with E-state index in [2.05, 4.69) is 36.6 Å². The van der Waals surface area contributed by atoms with Gasteiger partial charge >= 0.3 is 0 Å². The molecule has 1 unspecified atom stereocenters. The number of fused-ring (bicyclic) bond motifs is 1. The molecule has 1 fully saturated rings. The van der Waals surface area contributed by atoms with Gasteiger partial charge in [0.1, 0.15) is 6.04 Å². The highest BCUT2D eigenvalue weighted by molar-refractivity contribution is 6.03. The molecule has 1 aromatic rings. The minimum Gasteiger partial charge on any atom is -0.324 e. The number of aryl methyl sites for hydroxylation is 1. The summed E-state index contributed by atoms with van der Waals surface area (Å²) in [5.74, 6) is 0.0931. The smallest absolute Gasteiger partial charge is 0.246 e. The Bertz CT molecular complexity index is 463. The summed E-state index contributed by atoms with van der Waals surface area (Å²) in [5, 5.41) is 6.38. The van der Waals surface area contributed by atoms with Crippen molar-refractivity contribution in [1.29, 1.82) is 0 Å². The Hall–Kier alpha value is -1.35. The van der Waals surface area contributed by atoms with Gasteiger partial charge in [0.15, 0.2) is 0 Å². The Morgan fingerprint density at radius 1 is 1.31 bits per heavy atom. The molecule has 0 bridgehead atoms. The minimum atomic E-state index is -0.137. The number of rotatable bonds is 2. The maximum absolute atomic E-state index is 11.9. The highest BCUT2D eigenvalue weighted by atomic mass is 16.2. The molecule has 0 radical (unpaired) electrons. The van der Waals surface area contributed by atoms with Crippen LogP contribution in [0.3, 0.4) is 0 Å².